The molecule has 2 aromatic carbocycles. The van der Waals surface area contributed by atoms with Crippen LogP contribution in [0.25, 0.3) is 22.4 Å². The number of aromatic amines is 1. The molecule has 0 aliphatic heterocycles. The second-order valence-corrected chi connectivity index (χ2v) is 6.42. The molecule has 0 saturated heterocycles. The third kappa shape index (κ3) is 3.20. The highest BCUT2D eigenvalue weighted by Gasteiger charge is 2.18. The molecule has 0 spiro atoms. The van der Waals surface area contributed by atoms with Crippen LogP contribution in [0, 0.1) is 0 Å². The number of carbonyl (C=O) groups excluding carboxylic acids is 1. The summed E-state index contributed by atoms with van der Waals surface area (Å²) in [6.07, 6.45) is 0. The van der Waals surface area contributed by atoms with Gasteiger partial charge in [-0.15, -0.1) is 0 Å². The van der Waals surface area contributed by atoms with E-state index in [9.17, 15) is 9.59 Å². The van der Waals surface area contributed by atoms with Gasteiger partial charge in [-0.05, 0) is 44.2 Å². The van der Waals surface area contributed by atoms with E-state index in [1.807, 2.05) is 31.2 Å². The summed E-state index contributed by atoms with van der Waals surface area (Å²) in [5.41, 5.74) is 2.66. The fourth-order valence-electron chi connectivity index (χ4n) is 3.08. The van der Waals surface area contributed by atoms with Crippen LogP contribution in [0.2, 0.25) is 0 Å². The van der Waals surface area contributed by atoms with E-state index < -0.39 is 6.04 Å². The smallest absolute Gasteiger partial charge is 0.326 e. The topological polar surface area (TPSA) is 106 Å². The predicted molar refractivity (Wildman–Crippen MR) is 104 cm³/mol. The summed E-state index contributed by atoms with van der Waals surface area (Å²) in [6.45, 7) is 4.28. The summed E-state index contributed by atoms with van der Waals surface area (Å²) in [4.78, 5) is 31.4. The average Bonchev–Trinajstić information content (AvgIpc) is 3.32. The van der Waals surface area contributed by atoms with Crippen LogP contribution in [-0.2, 0) is 6.54 Å². The van der Waals surface area contributed by atoms with E-state index in [4.69, 9.17) is 4.52 Å². The number of rotatable bonds is 5. The molecule has 2 aromatic heterocycles. The van der Waals surface area contributed by atoms with E-state index in [2.05, 4.69) is 20.4 Å². The number of nitrogens with zero attached hydrogens (tertiary/aromatic N) is 3. The highest BCUT2D eigenvalue weighted by molar-refractivity contribution is 5.94. The maximum absolute atomic E-state index is 12.3. The van der Waals surface area contributed by atoms with Crippen LogP contribution in [0.5, 0.6) is 0 Å². The highest BCUT2D eigenvalue weighted by Crippen LogP contribution is 2.22. The molecule has 28 heavy (non-hydrogen) atoms. The Morgan fingerprint density at radius 2 is 2.04 bits per heavy atom. The van der Waals surface area contributed by atoms with Crippen LogP contribution >= 0.6 is 0 Å². The van der Waals surface area contributed by atoms with E-state index in [0.29, 0.717) is 34.9 Å². The van der Waals surface area contributed by atoms with Crippen LogP contribution < -0.4 is 11.0 Å². The molecule has 2 N–H and O–H groups in total. The van der Waals surface area contributed by atoms with Crippen molar-refractivity contribution < 1.29 is 9.32 Å². The molecule has 0 radical (unpaired) electrons. The minimum absolute atomic E-state index is 0.152. The molecule has 1 amide bonds. The first-order valence-electron chi connectivity index (χ1n) is 8.99. The second-order valence-electron chi connectivity index (χ2n) is 6.42. The predicted octanol–water partition coefficient (Wildman–Crippen LogP) is 2.89. The normalized spacial score (nSPS) is 12.2. The molecular weight excluding hydrogens is 358 g/mol. The maximum atomic E-state index is 12.3. The molecule has 8 nitrogen and oxygen atoms in total. The quantitative estimate of drug-likeness (QED) is 0.556. The zero-order valence-corrected chi connectivity index (χ0v) is 15.5. The van der Waals surface area contributed by atoms with Gasteiger partial charge in [-0.2, -0.15) is 4.98 Å². The van der Waals surface area contributed by atoms with Crippen molar-refractivity contribution in [3.8, 4) is 11.4 Å². The number of H-pyrrole nitrogens is 1. The van der Waals surface area contributed by atoms with Gasteiger partial charge in [0.25, 0.3) is 5.91 Å². The number of hydrogen-bond acceptors (Lipinski definition) is 5. The monoisotopic (exact) mass is 377 g/mol. The lowest BCUT2D eigenvalue weighted by Crippen LogP contribution is -2.26. The standard InChI is InChI=1S/C20H19N5O3/c1-3-25-16-10-9-14(11-15(16)22-20(25)27)17-23-19(28-24-17)12(2)21-18(26)13-7-5-4-6-8-13/h4-12H,3H2,1-2H3,(H,21,26)(H,22,27)/t12-/m0/s1. The fourth-order valence-corrected chi connectivity index (χ4v) is 3.08. The van der Waals surface area contributed by atoms with Gasteiger partial charge in [0.1, 0.15) is 6.04 Å². The minimum Gasteiger partial charge on any atom is -0.341 e. The number of amides is 1. The van der Waals surface area contributed by atoms with Crippen LogP contribution in [0.4, 0.5) is 0 Å². The summed E-state index contributed by atoms with van der Waals surface area (Å²) in [7, 11) is 0. The molecule has 0 saturated carbocycles. The molecule has 4 aromatic rings. The fraction of sp³-hybridized carbons (Fsp3) is 0.200. The van der Waals surface area contributed by atoms with Gasteiger partial charge >= 0.3 is 5.69 Å². The highest BCUT2D eigenvalue weighted by atomic mass is 16.5. The Morgan fingerprint density at radius 3 is 2.79 bits per heavy atom. The lowest BCUT2D eigenvalue weighted by molar-refractivity contribution is 0.0932. The van der Waals surface area contributed by atoms with Gasteiger partial charge in [0.05, 0.1) is 11.0 Å². The molecule has 0 unspecified atom stereocenters. The number of benzene rings is 2. The molecule has 0 fully saturated rings. The Bertz CT molecular complexity index is 1190. The van der Waals surface area contributed by atoms with E-state index >= 15 is 0 Å². The van der Waals surface area contributed by atoms with Crippen molar-refractivity contribution in [2.24, 2.45) is 0 Å². The Kier molecular flexibility index (Phi) is 4.52. The first-order chi connectivity index (χ1) is 13.6. The summed E-state index contributed by atoms with van der Waals surface area (Å²) in [5.74, 6) is 0.481. The molecule has 1 atom stereocenters. The molecule has 0 aliphatic rings. The lowest BCUT2D eigenvalue weighted by atomic mass is 10.2. The largest absolute Gasteiger partial charge is 0.341 e. The Balaban J connectivity index is 1.56. The Hall–Kier alpha value is -3.68. The van der Waals surface area contributed by atoms with Crippen molar-refractivity contribution in [2.45, 2.75) is 26.4 Å². The first-order valence-corrected chi connectivity index (χ1v) is 8.99. The van der Waals surface area contributed by atoms with Gasteiger partial charge in [0, 0.05) is 17.7 Å². The molecule has 4 rings (SSSR count). The summed E-state index contributed by atoms with van der Waals surface area (Å²) in [5, 5.41) is 6.85. The second kappa shape index (κ2) is 7.15. The molecule has 8 heteroatoms. The van der Waals surface area contributed by atoms with Gasteiger partial charge in [-0.25, -0.2) is 4.79 Å². The van der Waals surface area contributed by atoms with Gasteiger partial charge in [-0.1, -0.05) is 23.4 Å². The van der Waals surface area contributed by atoms with E-state index in [1.165, 1.54) is 0 Å². The van der Waals surface area contributed by atoms with E-state index in [1.54, 1.807) is 35.8 Å². The van der Waals surface area contributed by atoms with E-state index in [-0.39, 0.29) is 11.6 Å². The third-order valence-electron chi connectivity index (χ3n) is 4.54. The number of hydrogen-bond donors (Lipinski definition) is 2. The number of nitrogens with one attached hydrogen (secondary N) is 2. The van der Waals surface area contributed by atoms with E-state index in [0.717, 1.165) is 5.52 Å². The lowest BCUT2D eigenvalue weighted by Gasteiger charge is -2.09. The van der Waals surface area contributed by atoms with Gasteiger partial charge in [0.15, 0.2) is 0 Å². The summed E-state index contributed by atoms with van der Waals surface area (Å²) >= 11 is 0. The number of aromatic nitrogens is 4. The maximum Gasteiger partial charge on any atom is 0.326 e. The van der Waals surface area contributed by atoms with Crippen molar-refractivity contribution in [1.29, 1.82) is 0 Å². The molecule has 0 aliphatic carbocycles. The van der Waals surface area contributed by atoms with Gasteiger partial charge in [-0.3, -0.25) is 9.36 Å². The average molecular weight is 377 g/mol. The number of carbonyl (C=O) groups is 1. The van der Waals surface area contributed by atoms with Crippen LogP contribution in [0.3, 0.4) is 0 Å². The van der Waals surface area contributed by atoms with Crippen molar-refractivity contribution in [2.75, 3.05) is 0 Å². The van der Waals surface area contributed by atoms with Crippen LogP contribution in [0.1, 0.15) is 36.1 Å². The van der Waals surface area contributed by atoms with Gasteiger partial charge < -0.3 is 14.8 Å². The molecule has 2 heterocycles. The van der Waals surface area contributed by atoms with Crippen molar-refractivity contribution in [3.05, 3.63) is 70.5 Å². The minimum atomic E-state index is -0.446. The zero-order valence-electron chi connectivity index (χ0n) is 15.5. The van der Waals surface area contributed by atoms with Crippen LogP contribution in [-0.4, -0.2) is 25.6 Å². The SMILES string of the molecule is CCn1c(=O)[nH]c2cc(-c3noc([C@H](C)NC(=O)c4ccccc4)n3)ccc21. The number of aryl methyl sites for hydroxylation is 1. The molecule has 142 valence electrons. The summed E-state index contributed by atoms with van der Waals surface area (Å²) in [6, 6.07) is 14.0. The number of imidazole rings is 1. The van der Waals surface area contributed by atoms with Crippen LogP contribution in [0.15, 0.2) is 57.8 Å². The van der Waals surface area contributed by atoms with Crippen molar-refractivity contribution in [3.63, 3.8) is 0 Å². The first kappa shape index (κ1) is 17.7. The third-order valence-corrected chi connectivity index (χ3v) is 4.54. The zero-order chi connectivity index (χ0) is 19.7. The van der Waals surface area contributed by atoms with Crippen molar-refractivity contribution in [1.82, 2.24) is 25.0 Å². The van der Waals surface area contributed by atoms with Crippen molar-refractivity contribution >= 4 is 16.9 Å². The Labute approximate surface area is 160 Å². The molecule has 0 bridgehead atoms. The Morgan fingerprint density at radius 1 is 1.25 bits per heavy atom. The van der Waals surface area contributed by atoms with Gasteiger partial charge in [0.2, 0.25) is 11.7 Å². The number of fused-ring (bicyclic) bond motifs is 1. The molecular formula is C20H19N5O3. The summed E-state index contributed by atoms with van der Waals surface area (Å²) < 4.78 is 6.98.